The Balaban J connectivity index is 2.25. The summed E-state index contributed by atoms with van der Waals surface area (Å²) in [5.41, 5.74) is 1.13. The van der Waals surface area contributed by atoms with E-state index in [4.69, 9.17) is 4.74 Å². The highest BCUT2D eigenvalue weighted by Gasteiger charge is 2.66. The standard InChI is InChI=1S/C17H26O3S/c1-5-6-7-15-17(20-15,16(18)12(2)3)21(19)14-10-8-13(4)9-11-14/h8-12,15-16,18H,5-7H2,1-4H3/t15-,16+,17+,21?/m1/s1. The van der Waals surface area contributed by atoms with Crippen LogP contribution in [0.5, 0.6) is 0 Å². The van der Waals surface area contributed by atoms with Gasteiger partial charge >= 0.3 is 0 Å². The van der Waals surface area contributed by atoms with Crippen molar-refractivity contribution in [2.24, 2.45) is 5.92 Å². The van der Waals surface area contributed by atoms with Crippen LogP contribution in [0.2, 0.25) is 0 Å². The summed E-state index contributed by atoms with van der Waals surface area (Å²) < 4.78 is 18.8. The summed E-state index contributed by atoms with van der Waals surface area (Å²) in [7, 11) is -1.35. The molecule has 1 N–H and O–H groups in total. The number of aryl methyl sites for hydroxylation is 1. The van der Waals surface area contributed by atoms with Crippen LogP contribution in [0, 0.1) is 12.8 Å². The Kier molecular flexibility index (Phi) is 5.23. The van der Waals surface area contributed by atoms with Gasteiger partial charge in [-0.3, -0.25) is 4.21 Å². The van der Waals surface area contributed by atoms with Gasteiger partial charge in [-0.15, -0.1) is 0 Å². The van der Waals surface area contributed by atoms with E-state index < -0.39 is 21.8 Å². The van der Waals surface area contributed by atoms with Crippen LogP contribution in [0.3, 0.4) is 0 Å². The highest BCUT2D eigenvalue weighted by molar-refractivity contribution is 7.86. The molecule has 0 aliphatic carbocycles. The molecule has 1 saturated heterocycles. The van der Waals surface area contributed by atoms with Crippen molar-refractivity contribution in [1.82, 2.24) is 0 Å². The fourth-order valence-corrected chi connectivity index (χ4v) is 4.48. The average molecular weight is 310 g/mol. The summed E-state index contributed by atoms with van der Waals surface area (Å²) >= 11 is 0. The van der Waals surface area contributed by atoms with Crippen LogP contribution in [0.15, 0.2) is 29.2 Å². The predicted molar refractivity (Wildman–Crippen MR) is 85.6 cm³/mol. The molecule has 0 amide bonds. The van der Waals surface area contributed by atoms with Gasteiger partial charge in [0.05, 0.1) is 10.8 Å². The monoisotopic (exact) mass is 310 g/mol. The lowest BCUT2D eigenvalue weighted by Gasteiger charge is -2.23. The molecular formula is C17H26O3S. The fourth-order valence-electron chi connectivity index (χ4n) is 2.68. The van der Waals surface area contributed by atoms with Crippen LogP contribution < -0.4 is 0 Å². The van der Waals surface area contributed by atoms with Crippen molar-refractivity contribution in [3.8, 4) is 0 Å². The van der Waals surface area contributed by atoms with Crippen molar-refractivity contribution >= 4 is 10.8 Å². The van der Waals surface area contributed by atoms with E-state index in [9.17, 15) is 9.32 Å². The molecule has 2 rings (SSSR count). The molecule has 0 aromatic heterocycles. The number of rotatable bonds is 7. The van der Waals surface area contributed by atoms with Gasteiger partial charge in [-0.2, -0.15) is 0 Å². The molecule has 1 aliphatic heterocycles. The molecule has 118 valence electrons. The van der Waals surface area contributed by atoms with E-state index in [1.54, 1.807) is 0 Å². The third-order valence-electron chi connectivity index (χ3n) is 4.11. The molecule has 3 nitrogen and oxygen atoms in total. The molecule has 0 spiro atoms. The number of hydrogen-bond donors (Lipinski definition) is 1. The Morgan fingerprint density at radius 2 is 1.95 bits per heavy atom. The first-order valence-electron chi connectivity index (χ1n) is 7.78. The van der Waals surface area contributed by atoms with Gasteiger partial charge in [0.15, 0.2) is 4.93 Å². The number of hydrogen-bond acceptors (Lipinski definition) is 3. The topological polar surface area (TPSA) is 49.8 Å². The number of ether oxygens (including phenoxy) is 1. The van der Waals surface area contributed by atoms with Gasteiger partial charge in [-0.1, -0.05) is 51.3 Å². The van der Waals surface area contributed by atoms with E-state index in [2.05, 4.69) is 6.92 Å². The van der Waals surface area contributed by atoms with Crippen LogP contribution >= 0.6 is 0 Å². The SMILES string of the molecule is CCCC[C@H]1O[C@]1([C@@H](O)C(C)C)S(=O)c1ccc(C)cc1. The predicted octanol–water partition coefficient (Wildman–Crippen LogP) is 3.40. The van der Waals surface area contributed by atoms with Crippen molar-refractivity contribution in [3.63, 3.8) is 0 Å². The molecule has 1 aromatic rings. The third-order valence-corrected chi connectivity index (χ3v) is 5.99. The minimum atomic E-state index is -1.35. The van der Waals surface area contributed by atoms with Crippen molar-refractivity contribution in [1.29, 1.82) is 0 Å². The van der Waals surface area contributed by atoms with Gasteiger partial charge in [0.2, 0.25) is 0 Å². The Morgan fingerprint density at radius 1 is 1.33 bits per heavy atom. The fraction of sp³-hybridized carbons (Fsp3) is 0.647. The van der Waals surface area contributed by atoms with E-state index in [0.29, 0.717) is 0 Å². The van der Waals surface area contributed by atoms with Gasteiger partial charge in [-0.25, -0.2) is 0 Å². The minimum Gasteiger partial charge on any atom is -0.389 e. The molecule has 0 bridgehead atoms. The quantitative estimate of drug-likeness (QED) is 0.785. The van der Waals surface area contributed by atoms with Crippen LogP contribution in [-0.2, 0) is 15.5 Å². The summed E-state index contributed by atoms with van der Waals surface area (Å²) in [4.78, 5) is -0.183. The van der Waals surface area contributed by atoms with Crippen molar-refractivity contribution in [3.05, 3.63) is 29.8 Å². The molecular weight excluding hydrogens is 284 g/mol. The Bertz CT molecular complexity index is 497. The highest BCUT2D eigenvalue weighted by Crippen LogP contribution is 2.49. The van der Waals surface area contributed by atoms with Gasteiger partial charge in [-0.05, 0) is 31.4 Å². The molecule has 0 radical (unpaired) electrons. The van der Waals surface area contributed by atoms with Gasteiger partial charge in [0, 0.05) is 4.90 Å². The summed E-state index contributed by atoms with van der Waals surface area (Å²) in [5.74, 6) is 0.0195. The van der Waals surface area contributed by atoms with E-state index in [1.165, 1.54) is 0 Å². The number of aliphatic hydroxyl groups excluding tert-OH is 1. The van der Waals surface area contributed by atoms with Crippen LogP contribution in [0.1, 0.15) is 45.6 Å². The third kappa shape index (κ3) is 3.22. The molecule has 0 saturated carbocycles. The first-order chi connectivity index (χ1) is 9.93. The maximum absolute atomic E-state index is 13.0. The number of epoxide rings is 1. The van der Waals surface area contributed by atoms with Gasteiger partial charge in [0.25, 0.3) is 0 Å². The zero-order valence-electron chi connectivity index (χ0n) is 13.3. The van der Waals surface area contributed by atoms with E-state index in [1.807, 2.05) is 45.0 Å². The zero-order valence-corrected chi connectivity index (χ0v) is 14.2. The zero-order chi connectivity index (χ0) is 15.6. The second-order valence-corrected chi connectivity index (χ2v) is 7.89. The molecule has 1 heterocycles. The average Bonchev–Trinajstić information content (AvgIpc) is 3.19. The van der Waals surface area contributed by atoms with Crippen LogP contribution in [0.25, 0.3) is 0 Å². The summed E-state index contributed by atoms with van der Waals surface area (Å²) in [5, 5.41) is 10.6. The van der Waals surface area contributed by atoms with E-state index >= 15 is 0 Å². The minimum absolute atomic E-state index is 0.0195. The van der Waals surface area contributed by atoms with Crippen molar-refractivity contribution < 1.29 is 14.1 Å². The molecule has 1 unspecified atom stereocenters. The summed E-state index contributed by atoms with van der Waals surface area (Å²) in [6.07, 6.45) is 2.16. The lowest BCUT2D eigenvalue weighted by atomic mass is 10.00. The first kappa shape index (κ1) is 16.7. The normalized spacial score (nSPS) is 27.6. The van der Waals surface area contributed by atoms with Gasteiger partial charge < -0.3 is 9.84 Å². The molecule has 21 heavy (non-hydrogen) atoms. The lowest BCUT2D eigenvalue weighted by molar-refractivity contribution is 0.0764. The van der Waals surface area contributed by atoms with E-state index in [-0.39, 0.29) is 12.0 Å². The summed E-state index contributed by atoms with van der Waals surface area (Å²) in [6.45, 7) is 8.01. The number of aliphatic hydroxyl groups is 1. The largest absolute Gasteiger partial charge is 0.389 e. The molecule has 1 aliphatic rings. The van der Waals surface area contributed by atoms with Crippen LogP contribution in [0.4, 0.5) is 0 Å². The number of unbranched alkanes of at least 4 members (excludes halogenated alkanes) is 1. The summed E-state index contributed by atoms with van der Waals surface area (Å²) in [6, 6.07) is 7.65. The van der Waals surface area contributed by atoms with Crippen molar-refractivity contribution in [2.45, 2.75) is 69.0 Å². The second-order valence-electron chi connectivity index (χ2n) is 6.24. The lowest BCUT2D eigenvalue weighted by Crippen LogP contribution is -2.40. The van der Waals surface area contributed by atoms with Crippen molar-refractivity contribution in [2.75, 3.05) is 0 Å². The van der Waals surface area contributed by atoms with Crippen LogP contribution in [-0.4, -0.2) is 26.5 Å². The highest BCUT2D eigenvalue weighted by atomic mass is 32.2. The maximum Gasteiger partial charge on any atom is 0.199 e. The Labute approximate surface area is 130 Å². The van der Waals surface area contributed by atoms with E-state index in [0.717, 1.165) is 29.7 Å². The molecule has 4 heteroatoms. The maximum atomic E-state index is 13.0. The number of benzene rings is 1. The smallest absolute Gasteiger partial charge is 0.199 e. The first-order valence-corrected chi connectivity index (χ1v) is 8.92. The Morgan fingerprint density at radius 3 is 2.48 bits per heavy atom. The Hall–Kier alpha value is -0.710. The second kappa shape index (κ2) is 6.59. The molecule has 1 aromatic carbocycles. The molecule has 4 atom stereocenters. The molecule has 1 fully saturated rings. The van der Waals surface area contributed by atoms with Gasteiger partial charge in [0.1, 0.15) is 12.2 Å².